The molecule has 0 aliphatic carbocycles. The number of anilines is 1. The van der Waals surface area contributed by atoms with Gasteiger partial charge in [0.2, 0.25) is 0 Å². The molecule has 0 radical (unpaired) electrons. The largest absolute Gasteiger partial charge is 0.573 e. The van der Waals surface area contributed by atoms with Gasteiger partial charge in [0.1, 0.15) is 17.4 Å². The molecule has 1 atom stereocenters. The third kappa shape index (κ3) is 6.57. The molecular weight excluding hydrogens is 591 g/mol. The first kappa shape index (κ1) is 30.6. The second-order valence-electron chi connectivity index (χ2n) is 8.84. The lowest BCUT2D eigenvalue weighted by molar-refractivity contribution is -0.274. The smallest absolute Gasteiger partial charge is 0.406 e. The van der Waals surface area contributed by atoms with E-state index >= 15 is 4.39 Å². The molecule has 222 valence electrons. The van der Waals surface area contributed by atoms with Crippen molar-refractivity contribution in [2.24, 2.45) is 11.6 Å². The fraction of sp³-hybridized carbons (Fsp3) is 0.148. The number of rotatable bonds is 7. The molecule has 42 heavy (non-hydrogen) atoms. The van der Waals surface area contributed by atoms with E-state index in [1.165, 1.54) is 25.3 Å². The number of imidazole rings is 1. The van der Waals surface area contributed by atoms with E-state index in [-0.39, 0.29) is 28.5 Å². The summed E-state index contributed by atoms with van der Waals surface area (Å²) in [6.07, 6.45) is -6.66. The van der Waals surface area contributed by atoms with Crippen molar-refractivity contribution in [3.05, 3.63) is 96.0 Å². The molecule has 0 fully saturated rings. The Bertz CT molecular complexity index is 1680. The zero-order valence-electron chi connectivity index (χ0n) is 21.8. The van der Waals surface area contributed by atoms with Crippen molar-refractivity contribution in [3.8, 4) is 22.6 Å². The lowest BCUT2D eigenvalue weighted by Crippen LogP contribution is -2.31. The highest BCUT2D eigenvalue weighted by atomic mass is 32.2. The quantitative estimate of drug-likeness (QED) is 0.145. The van der Waals surface area contributed by atoms with Crippen molar-refractivity contribution in [2.75, 3.05) is 11.3 Å². The molecule has 1 unspecified atom stereocenters. The van der Waals surface area contributed by atoms with Gasteiger partial charge in [0.05, 0.1) is 17.1 Å². The minimum absolute atomic E-state index is 0.0245. The average molecular weight is 614 g/mol. The maximum Gasteiger partial charge on any atom is 0.573 e. The summed E-state index contributed by atoms with van der Waals surface area (Å²) in [5.41, 5.74) is 5.24. The van der Waals surface area contributed by atoms with E-state index in [0.29, 0.717) is 22.1 Å². The molecule has 3 aromatic carbocycles. The second kappa shape index (κ2) is 11.5. The van der Waals surface area contributed by atoms with E-state index in [4.69, 9.17) is 11.6 Å². The Kier molecular flexibility index (Phi) is 8.36. The van der Waals surface area contributed by atoms with E-state index in [2.05, 4.69) is 9.72 Å². The fourth-order valence-electron chi connectivity index (χ4n) is 4.14. The van der Waals surface area contributed by atoms with Crippen LogP contribution in [0.5, 0.6) is 5.75 Å². The normalized spacial score (nSPS) is 13.2. The highest BCUT2D eigenvalue weighted by Gasteiger charge is 2.35. The Morgan fingerprint density at radius 2 is 1.71 bits per heavy atom. The van der Waals surface area contributed by atoms with E-state index in [0.717, 1.165) is 34.1 Å². The molecule has 7 nitrogen and oxygen atoms in total. The summed E-state index contributed by atoms with van der Waals surface area (Å²) in [6.45, 7) is 1.34. The number of aryl methyl sites for hydroxylation is 1. The fourth-order valence-corrected chi connectivity index (χ4v) is 4.70. The van der Waals surface area contributed by atoms with Crippen LogP contribution in [0.3, 0.4) is 0 Å². The number of nitrogens with zero attached hydrogens (tertiary/aromatic N) is 3. The summed E-state index contributed by atoms with van der Waals surface area (Å²) in [5, 5.41) is 0.885. The number of ether oxygens (including phenoxy) is 1. The molecule has 0 aliphatic rings. The summed E-state index contributed by atoms with van der Waals surface area (Å²) in [6, 6.07) is 13.5. The van der Waals surface area contributed by atoms with Gasteiger partial charge in [0.25, 0.3) is 0 Å². The van der Waals surface area contributed by atoms with Crippen molar-refractivity contribution in [2.45, 2.75) is 24.4 Å². The molecule has 0 saturated carbocycles. The van der Waals surface area contributed by atoms with Crippen molar-refractivity contribution < 1.29 is 39.7 Å². The van der Waals surface area contributed by atoms with Crippen molar-refractivity contribution in [3.63, 3.8) is 0 Å². The Balaban J connectivity index is 1.88. The summed E-state index contributed by atoms with van der Waals surface area (Å²) < 4.78 is 110. The number of nitrogens with two attached hydrogens (primary N) is 2. The van der Waals surface area contributed by atoms with Crippen LogP contribution in [-0.4, -0.2) is 26.4 Å². The highest BCUT2D eigenvalue weighted by Crippen LogP contribution is 2.37. The van der Waals surface area contributed by atoms with Crippen LogP contribution in [0.15, 0.2) is 78.0 Å². The highest BCUT2D eigenvalue weighted by molar-refractivity contribution is 7.84. The number of hydrazine groups is 1. The third-order valence-electron chi connectivity index (χ3n) is 6.03. The number of halogens is 7. The zero-order valence-corrected chi connectivity index (χ0v) is 22.6. The minimum atomic E-state index is -5.06. The van der Waals surface area contributed by atoms with Gasteiger partial charge >= 0.3 is 12.5 Å². The van der Waals surface area contributed by atoms with Crippen LogP contribution in [0, 0.1) is 12.7 Å². The van der Waals surface area contributed by atoms with E-state index < -0.39 is 40.6 Å². The maximum absolute atomic E-state index is 15.0. The number of aromatic nitrogens is 2. The number of benzene rings is 3. The topological polar surface area (TPSA) is 99.4 Å². The minimum Gasteiger partial charge on any atom is -0.406 e. The van der Waals surface area contributed by atoms with Crippen molar-refractivity contribution in [1.82, 2.24) is 9.55 Å². The first-order valence-corrected chi connectivity index (χ1v) is 13.4. The monoisotopic (exact) mass is 613 g/mol. The predicted molar refractivity (Wildman–Crippen MR) is 143 cm³/mol. The van der Waals surface area contributed by atoms with E-state index in [1.807, 2.05) is 0 Å². The predicted octanol–water partition coefficient (Wildman–Crippen LogP) is 6.28. The molecular formula is C27H22F7N5O2S. The van der Waals surface area contributed by atoms with Crippen LogP contribution in [-0.2, 0) is 17.0 Å². The van der Waals surface area contributed by atoms with Gasteiger partial charge < -0.3 is 15.0 Å². The first-order chi connectivity index (χ1) is 19.6. The van der Waals surface area contributed by atoms with Crippen molar-refractivity contribution in [1.29, 1.82) is 0 Å². The summed E-state index contributed by atoms with van der Waals surface area (Å²) in [7, 11) is -1.32. The average Bonchev–Trinajstić information content (AvgIpc) is 3.31. The molecule has 0 amide bonds. The van der Waals surface area contributed by atoms with Gasteiger partial charge in [-0.25, -0.2) is 15.2 Å². The Morgan fingerprint density at radius 1 is 1.02 bits per heavy atom. The number of hydrogen-bond donors (Lipinski definition) is 2. The van der Waals surface area contributed by atoms with Gasteiger partial charge in [-0.2, -0.15) is 13.2 Å². The van der Waals surface area contributed by atoms with Gasteiger partial charge in [-0.3, -0.25) is 9.22 Å². The van der Waals surface area contributed by atoms with E-state index in [9.17, 15) is 30.6 Å². The third-order valence-corrected chi connectivity index (χ3v) is 6.95. The molecule has 4 rings (SSSR count). The van der Waals surface area contributed by atoms with Gasteiger partial charge in [0, 0.05) is 46.0 Å². The SMILES string of the molecule is Cc1nc(C(F)(F)F)cn1-c1ccc(-c2cccc(S(C)=O)c2)cc1N(N)/C(=C\N)c1ccc(OC(F)(F)F)cc1F. The zero-order chi connectivity index (χ0) is 31.0. The molecule has 0 spiro atoms. The molecule has 0 saturated heterocycles. The Labute approximate surface area is 237 Å². The molecule has 15 heteroatoms. The van der Waals surface area contributed by atoms with Crippen molar-refractivity contribution >= 4 is 22.2 Å². The standard InChI is InChI=1S/C27H22F7N5O2S/c1-15-37-25(26(29,30)31)14-38(15)22-9-6-17(16-4-3-5-19(10-16)42(2)40)11-23(22)39(36)24(13-35)20-8-7-18(12-21(20)28)41-27(32,33)34/h3-14H,35-36H2,1-2H3/b24-13-. The Hall–Kier alpha value is -4.37. The molecule has 0 bridgehead atoms. The first-order valence-electron chi connectivity index (χ1n) is 11.8. The molecule has 0 aliphatic heterocycles. The Morgan fingerprint density at radius 3 is 2.29 bits per heavy atom. The van der Waals surface area contributed by atoms with E-state index in [1.54, 1.807) is 30.3 Å². The van der Waals surface area contributed by atoms with Crippen LogP contribution < -0.4 is 21.3 Å². The number of hydrogen-bond acceptors (Lipinski definition) is 6. The van der Waals surface area contributed by atoms with Gasteiger partial charge in [-0.1, -0.05) is 18.2 Å². The molecule has 1 aromatic heterocycles. The second-order valence-corrected chi connectivity index (χ2v) is 10.2. The van der Waals surface area contributed by atoms with Crippen LogP contribution in [0.4, 0.5) is 36.4 Å². The lowest BCUT2D eigenvalue weighted by Gasteiger charge is -2.26. The van der Waals surface area contributed by atoms with Gasteiger partial charge in [-0.05, 0) is 54.4 Å². The maximum atomic E-state index is 15.0. The van der Waals surface area contributed by atoms with Crippen LogP contribution >= 0.6 is 0 Å². The lowest BCUT2D eigenvalue weighted by atomic mass is 10.0. The summed E-state index contributed by atoms with van der Waals surface area (Å²) in [4.78, 5) is 4.09. The van der Waals surface area contributed by atoms with Gasteiger partial charge in [-0.15, -0.1) is 13.2 Å². The van der Waals surface area contributed by atoms with Crippen LogP contribution in [0.1, 0.15) is 17.1 Å². The van der Waals surface area contributed by atoms with Crippen LogP contribution in [0.2, 0.25) is 0 Å². The summed E-state index contributed by atoms with van der Waals surface area (Å²) >= 11 is 0. The summed E-state index contributed by atoms with van der Waals surface area (Å²) in [5.74, 6) is 4.35. The van der Waals surface area contributed by atoms with Gasteiger partial charge in [0.15, 0.2) is 5.69 Å². The molecule has 4 aromatic rings. The molecule has 1 heterocycles. The molecule has 4 N–H and O–H groups in total. The van der Waals surface area contributed by atoms with Crippen LogP contribution in [0.25, 0.3) is 22.5 Å². The number of alkyl halides is 6.